The molecule has 0 aromatic carbocycles. The molecule has 0 aliphatic rings. The lowest BCUT2D eigenvalue weighted by molar-refractivity contribution is -0.140. The molecule has 0 saturated carbocycles. The van der Waals surface area contributed by atoms with E-state index in [0.717, 1.165) is 12.8 Å². The zero-order chi connectivity index (χ0) is 12.4. The van der Waals surface area contributed by atoms with Crippen LogP contribution in [-0.2, 0) is 9.59 Å². The van der Waals surface area contributed by atoms with Gasteiger partial charge >= 0.3 is 0 Å². The molecular weight excluding hydrogens is 222 g/mol. The third kappa shape index (κ3) is 6.67. The van der Waals surface area contributed by atoms with Crippen LogP contribution in [-0.4, -0.2) is 29.0 Å². The maximum Gasteiger partial charge on any atom is 0.252 e. The van der Waals surface area contributed by atoms with E-state index >= 15 is 0 Å². The highest BCUT2D eigenvalue weighted by molar-refractivity contribution is 7.80. The summed E-state index contributed by atoms with van der Waals surface area (Å²) in [5.41, 5.74) is 0. The van der Waals surface area contributed by atoms with Crippen LogP contribution in [0.4, 0.5) is 0 Å². The van der Waals surface area contributed by atoms with Gasteiger partial charge in [0.05, 0.1) is 0 Å². The van der Waals surface area contributed by atoms with Crippen LogP contribution in [0.5, 0.6) is 0 Å². The van der Waals surface area contributed by atoms with Crippen molar-refractivity contribution in [2.24, 2.45) is 0 Å². The molecule has 2 amide bonds. The van der Waals surface area contributed by atoms with E-state index in [1.807, 2.05) is 6.08 Å². The molecule has 0 spiro atoms. The van der Waals surface area contributed by atoms with E-state index in [9.17, 15) is 9.59 Å². The Bertz CT molecular complexity index is 251. The average molecular weight is 243 g/mol. The Morgan fingerprint density at radius 1 is 1.31 bits per heavy atom. The van der Waals surface area contributed by atoms with Gasteiger partial charge in [-0.3, -0.25) is 14.5 Å². The number of hydrogen-bond acceptors (Lipinski definition) is 3. The first-order valence-electron chi connectivity index (χ1n) is 5.73. The van der Waals surface area contributed by atoms with E-state index in [1.165, 1.54) is 30.7 Å². The first-order valence-corrected chi connectivity index (χ1v) is 6.36. The monoisotopic (exact) mass is 243 g/mol. The summed E-state index contributed by atoms with van der Waals surface area (Å²) in [5, 5.41) is 0. The van der Waals surface area contributed by atoms with Gasteiger partial charge in [-0.2, -0.15) is 12.6 Å². The number of unbranched alkanes of at least 4 members (excludes halogenated alkanes) is 3. The highest BCUT2D eigenvalue weighted by Gasteiger charge is 2.13. The summed E-state index contributed by atoms with van der Waals surface area (Å²) in [6.07, 6.45) is 7.65. The molecule has 0 aliphatic heterocycles. The summed E-state index contributed by atoms with van der Waals surface area (Å²) < 4.78 is 0. The number of allylic oxidation sites excluding steroid dienone is 1. The summed E-state index contributed by atoms with van der Waals surface area (Å²) >= 11 is 4.02. The van der Waals surface area contributed by atoms with Crippen molar-refractivity contribution in [2.45, 2.75) is 39.5 Å². The highest BCUT2D eigenvalue weighted by Crippen LogP contribution is 2.01. The molecule has 0 fully saturated rings. The summed E-state index contributed by atoms with van der Waals surface area (Å²) in [4.78, 5) is 24.0. The number of imide groups is 1. The van der Waals surface area contributed by atoms with Crippen LogP contribution >= 0.6 is 12.6 Å². The molecule has 4 heteroatoms. The number of nitrogens with zero attached hydrogens (tertiary/aromatic N) is 1. The molecule has 0 N–H and O–H groups in total. The van der Waals surface area contributed by atoms with Gasteiger partial charge in [0, 0.05) is 19.2 Å². The smallest absolute Gasteiger partial charge is 0.252 e. The van der Waals surface area contributed by atoms with Crippen LogP contribution in [0.25, 0.3) is 0 Å². The molecule has 16 heavy (non-hydrogen) atoms. The van der Waals surface area contributed by atoms with Crippen LogP contribution < -0.4 is 0 Å². The first-order chi connectivity index (χ1) is 7.63. The third-order valence-corrected chi connectivity index (χ3v) is 2.40. The van der Waals surface area contributed by atoms with Crippen molar-refractivity contribution in [3.8, 4) is 0 Å². The fourth-order valence-corrected chi connectivity index (χ4v) is 1.51. The molecule has 0 saturated heterocycles. The van der Waals surface area contributed by atoms with Gasteiger partial charge in [0.25, 0.3) is 5.91 Å². The van der Waals surface area contributed by atoms with Gasteiger partial charge in [0.2, 0.25) is 5.91 Å². The largest absolute Gasteiger partial charge is 0.278 e. The zero-order valence-electron chi connectivity index (χ0n) is 10.1. The highest BCUT2D eigenvalue weighted by atomic mass is 32.1. The van der Waals surface area contributed by atoms with E-state index in [1.54, 1.807) is 0 Å². The zero-order valence-corrected chi connectivity index (χ0v) is 11.0. The molecule has 0 rings (SSSR count). The van der Waals surface area contributed by atoms with Gasteiger partial charge in [-0.05, 0) is 18.9 Å². The quantitative estimate of drug-likeness (QED) is 0.423. The lowest BCUT2D eigenvalue weighted by atomic mass is 10.2. The second-order valence-corrected chi connectivity index (χ2v) is 4.08. The van der Waals surface area contributed by atoms with Gasteiger partial charge < -0.3 is 0 Å². The van der Waals surface area contributed by atoms with Crippen molar-refractivity contribution in [2.75, 3.05) is 12.3 Å². The van der Waals surface area contributed by atoms with Gasteiger partial charge in [-0.1, -0.05) is 25.8 Å². The minimum absolute atomic E-state index is 0.225. The van der Waals surface area contributed by atoms with Gasteiger partial charge in [0.15, 0.2) is 0 Å². The van der Waals surface area contributed by atoms with E-state index in [2.05, 4.69) is 19.6 Å². The molecule has 0 bridgehead atoms. The van der Waals surface area contributed by atoms with Crippen LogP contribution in [0.2, 0.25) is 0 Å². The molecule has 0 heterocycles. The minimum atomic E-state index is -0.238. The SMILES string of the molecule is CCCCC/C=C/C(=O)N(CCS)C(C)=O. The number of carbonyl (C=O) groups excluding carboxylic acids is 2. The van der Waals surface area contributed by atoms with E-state index in [4.69, 9.17) is 0 Å². The van der Waals surface area contributed by atoms with Gasteiger partial charge in [0.1, 0.15) is 0 Å². The van der Waals surface area contributed by atoms with Crippen molar-refractivity contribution in [3.63, 3.8) is 0 Å². The van der Waals surface area contributed by atoms with Crippen LogP contribution in [0.3, 0.4) is 0 Å². The molecule has 0 aliphatic carbocycles. The fourth-order valence-electron chi connectivity index (χ4n) is 1.31. The molecule has 0 radical (unpaired) electrons. The summed E-state index contributed by atoms with van der Waals surface area (Å²) in [6, 6.07) is 0. The predicted molar refractivity (Wildman–Crippen MR) is 69.5 cm³/mol. The molecular formula is C12H21NO2S. The van der Waals surface area contributed by atoms with Crippen molar-refractivity contribution in [1.82, 2.24) is 4.90 Å². The van der Waals surface area contributed by atoms with E-state index in [-0.39, 0.29) is 11.8 Å². The maximum atomic E-state index is 11.6. The van der Waals surface area contributed by atoms with Crippen molar-refractivity contribution in [3.05, 3.63) is 12.2 Å². The van der Waals surface area contributed by atoms with E-state index < -0.39 is 0 Å². The Hall–Kier alpha value is -0.770. The third-order valence-electron chi connectivity index (χ3n) is 2.20. The lowest BCUT2D eigenvalue weighted by Crippen LogP contribution is -2.35. The summed E-state index contributed by atoms with van der Waals surface area (Å²) in [5.74, 6) is 0.0324. The molecule has 0 aromatic heterocycles. The van der Waals surface area contributed by atoms with Crippen molar-refractivity contribution >= 4 is 24.4 Å². The minimum Gasteiger partial charge on any atom is -0.278 e. The average Bonchev–Trinajstić information content (AvgIpc) is 2.24. The Morgan fingerprint density at radius 3 is 2.50 bits per heavy atom. The number of amides is 2. The second kappa shape index (κ2) is 9.46. The number of rotatable bonds is 7. The Labute approximate surface area is 103 Å². The second-order valence-electron chi connectivity index (χ2n) is 3.63. The molecule has 0 unspecified atom stereocenters. The lowest BCUT2D eigenvalue weighted by Gasteiger charge is -2.15. The standard InChI is InChI=1S/C12H21NO2S/c1-3-4-5-6-7-8-12(15)13(9-10-16)11(2)14/h7-8,16H,3-6,9-10H2,1-2H3/b8-7+. The molecule has 3 nitrogen and oxygen atoms in total. The van der Waals surface area contributed by atoms with Gasteiger partial charge in [-0.15, -0.1) is 0 Å². The fraction of sp³-hybridized carbons (Fsp3) is 0.667. The number of hydrogen-bond donors (Lipinski definition) is 1. The van der Waals surface area contributed by atoms with Crippen molar-refractivity contribution in [1.29, 1.82) is 0 Å². The Kier molecular flexibility index (Phi) is 9.00. The molecule has 0 atom stereocenters. The van der Waals surface area contributed by atoms with Crippen molar-refractivity contribution < 1.29 is 9.59 Å². The Morgan fingerprint density at radius 2 is 2.00 bits per heavy atom. The number of thiol groups is 1. The normalized spacial score (nSPS) is 10.7. The summed E-state index contributed by atoms with van der Waals surface area (Å²) in [7, 11) is 0. The summed E-state index contributed by atoms with van der Waals surface area (Å²) in [6.45, 7) is 3.90. The van der Waals surface area contributed by atoms with E-state index in [0.29, 0.717) is 12.3 Å². The Balaban J connectivity index is 4.04. The van der Waals surface area contributed by atoms with Crippen LogP contribution in [0.1, 0.15) is 39.5 Å². The van der Waals surface area contributed by atoms with Gasteiger partial charge in [-0.25, -0.2) is 0 Å². The number of carbonyl (C=O) groups is 2. The molecule has 0 aromatic rings. The topological polar surface area (TPSA) is 37.4 Å². The molecule has 92 valence electrons. The maximum absolute atomic E-state index is 11.6. The van der Waals surface area contributed by atoms with Crippen LogP contribution in [0.15, 0.2) is 12.2 Å². The van der Waals surface area contributed by atoms with Crippen LogP contribution in [0, 0.1) is 0 Å². The first kappa shape index (κ1) is 15.2. The predicted octanol–water partition coefficient (Wildman–Crippen LogP) is 2.43.